The summed E-state index contributed by atoms with van der Waals surface area (Å²) >= 11 is 0. The molecule has 0 amide bonds. The van der Waals surface area contributed by atoms with E-state index in [1.165, 1.54) is 31.4 Å². The highest BCUT2D eigenvalue weighted by Gasteiger charge is 2.40. The number of rotatable bonds is 7. The van der Waals surface area contributed by atoms with Crippen molar-refractivity contribution in [2.75, 3.05) is 20.3 Å². The Morgan fingerprint density at radius 3 is 2.12 bits per heavy atom. The van der Waals surface area contributed by atoms with E-state index >= 15 is 0 Å². The smallest absolute Gasteiger partial charge is 0.433 e. The summed E-state index contributed by atoms with van der Waals surface area (Å²) in [5.74, 6) is 0.485. The van der Waals surface area contributed by atoms with Crippen LogP contribution >= 0.6 is 7.60 Å². The van der Waals surface area contributed by atoms with Gasteiger partial charge < -0.3 is 13.8 Å². The summed E-state index contributed by atoms with van der Waals surface area (Å²) in [5.41, 5.74) is -1.33. The second-order valence-electron chi connectivity index (χ2n) is 4.83. The molecule has 0 N–H and O–H groups in total. The topological polar surface area (TPSA) is 62.6 Å². The van der Waals surface area contributed by atoms with Gasteiger partial charge in [-0.1, -0.05) is 0 Å². The average Bonchev–Trinajstić information content (AvgIpc) is 3.02. The van der Waals surface area contributed by atoms with E-state index in [0.717, 1.165) is 0 Å². The maximum atomic E-state index is 13.4. The lowest BCUT2D eigenvalue weighted by atomic mass is 10.3. The summed E-state index contributed by atoms with van der Waals surface area (Å²) in [4.78, 5) is 0. The molecule has 1 aromatic heterocycles. The minimum absolute atomic E-state index is 0.00796. The molecule has 6 nitrogen and oxygen atoms in total. The van der Waals surface area contributed by atoms with E-state index in [-0.39, 0.29) is 24.3 Å². The molecule has 10 heteroatoms. The van der Waals surface area contributed by atoms with Gasteiger partial charge in [0, 0.05) is 6.07 Å². The van der Waals surface area contributed by atoms with Gasteiger partial charge in [0.2, 0.25) is 0 Å². The first-order chi connectivity index (χ1) is 11.7. The summed E-state index contributed by atoms with van der Waals surface area (Å²) in [6.07, 6.45) is -4.70. The number of nitrogens with zero attached hydrogens (tertiary/aromatic N) is 2. The van der Waals surface area contributed by atoms with Crippen LogP contribution in [0.3, 0.4) is 0 Å². The van der Waals surface area contributed by atoms with Gasteiger partial charge in [-0.25, -0.2) is 4.68 Å². The molecule has 0 fully saturated rings. The first kappa shape index (κ1) is 19.5. The Morgan fingerprint density at radius 1 is 1.12 bits per heavy atom. The number of ether oxygens (including phenoxy) is 1. The highest BCUT2D eigenvalue weighted by molar-refractivity contribution is 7.61. The van der Waals surface area contributed by atoms with Gasteiger partial charge in [0.1, 0.15) is 11.4 Å². The minimum Gasteiger partial charge on any atom is -0.497 e. The van der Waals surface area contributed by atoms with Crippen molar-refractivity contribution in [2.45, 2.75) is 20.0 Å². The fourth-order valence-corrected chi connectivity index (χ4v) is 3.63. The van der Waals surface area contributed by atoms with E-state index in [1.54, 1.807) is 13.8 Å². The van der Waals surface area contributed by atoms with E-state index in [4.69, 9.17) is 13.8 Å². The number of benzene rings is 1. The molecule has 2 rings (SSSR count). The Labute approximate surface area is 143 Å². The van der Waals surface area contributed by atoms with Crippen LogP contribution in [0.5, 0.6) is 5.75 Å². The number of aromatic nitrogens is 2. The molecule has 0 saturated heterocycles. The lowest BCUT2D eigenvalue weighted by Gasteiger charge is -2.14. The van der Waals surface area contributed by atoms with Crippen LogP contribution in [0, 0.1) is 0 Å². The van der Waals surface area contributed by atoms with Gasteiger partial charge in [-0.2, -0.15) is 18.3 Å². The second kappa shape index (κ2) is 7.59. The molecule has 0 aliphatic heterocycles. The maximum Gasteiger partial charge on any atom is 0.433 e. The van der Waals surface area contributed by atoms with Gasteiger partial charge in [0.15, 0.2) is 5.44 Å². The average molecular weight is 378 g/mol. The first-order valence-corrected chi connectivity index (χ1v) is 9.00. The molecule has 0 saturated carbocycles. The number of halogens is 3. The van der Waals surface area contributed by atoms with Crippen molar-refractivity contribution >= 4 is 13.0 Å². The van der Waals surface area contributed by atoms with Crippen molar-refractivity contribution in [3.05, 3.63) is 36.0 Å². The van der Waals surface area contributed by atoms with Gasteiger partial charge in [0.05, 0.1) is 26.0 Å². The molecule has 0 unspecified atom stereocenters. The fourth-order valence-electron chi connectivity index (χ4n) is 2.13. The Hall–Kier alpha value is -1.83. The highest BCUT2D eigenvalue weighted by atomic mass is 31.2. The standard InChI is InChI=1S/C15H18F3N2O4P/c1-4-23-25(21,24-5-2)14-10-13(15(16,17)18)20(19-14)11-6-8-12(22-3)9-7-11/h6-10H,4-5H2,1-3H3. The summed E-state index contributed by atoms with van der Waals surface area (Å²) in [7, 11) is -2.49. The normalized spacial score (nSPS) is 12.4. The molecule has 0 spiro atoms. The van der Waals surface area contributed by atoms with E-state index in [1.807, 2.05) is 0 Å². The van der Waals surface area contributed by atoms with Crippen LogP contribution in [0.1, 0.15) is 19.5 Å². The van der Waals surface area contributed by atoms with Crippen LogP contribution in [0.2, 0.25) is 0 Å². The molecule has 1 heterocycles. The molecule has 0 bridgehead atoms. The number of hydrogen-bond donors (Lipinski definition) is 0. The first-order valence-electron chi connectivity index (χ1n) is 7.46. The maximum absolute atomic E-state index is 13.4. The predicted octanol–water partition coefficient (Wildman–Crippen LogP) is 3.79. The summed E-state index contributed by atoms with van der Waals surface area (Å²) in [5, 5.41) is 3.85. The third-order valence-electron chi connectivity index (χ3n) is 3.18. The zero-order valence-corrected chi connectivity index (χ0v) is 14.8. The largest absolute Gasteiger partial charge is 0.497 e. The Balaban J connectivity index is 2.58. The van der Waals surface area contributed by atoms with Crippen molar-refractivity contribution in [1.29, 1.82) is 0 Å². The SMILES string of the molecule is CCOP(=O)(OCC)c1cc(C(F)(F)F)n(-c2ccc(OC)cc2)n1. The van der Waals surface area contributed by atoms with Gasteiger partial charge >= 0.3 is 13.8 Å². The third kappa shape index (κ3) is 4.23. The zero-order chi connectivity index (χ0) is 18.7. The van der Waals surface area contributed by atoms with Gasteiger partial charge in [0.25, 0.3) is 0 Å². The summed E-state index contributed by atoms with van der Waals surface area (Å²) in [6.45, 7) is 3.15. The van der Waals surface area contributed by atoms with Crippen molar-refractivity contribution in [2.24, 2.45) is 0 Å². The molecule has 1 aromatic carbocycles. The van der Waals surface area contributed by atoms with Crippen LogP contribution in [0.25, 0.3) is 5.69 Å². The third-order valence-corrected chi connectivity index (χ3v) is 5.16. The van der Waals surface area contributed by atoms with Crippen molar-refractivity contribution in [3.8, 4) is 11.4 Å². The van der Waals surface area contributed by atoms with Crippen molar-refractivity contribution in [1.82, 2.24) is 9.78 Å². The molecule has 0 radical (unpaired) electrons. The van der Waals surface area contributed by atoms with Crippen LogP contribution in [0.15, 0.2) is 30.3 Å². The van der Waals surface area contributed by atoms with E-state index in [0.29, 0.717) is 16.5 Å². The molecule has 0 aliphatic carbocycles. The Bertz CT molecular complexity index is 749. The monoisotopic (exact) mass is 378 g/mol. The second-order valence-corrected chi connectivity index (χ2v) is 6.80. The van der Waals surface area contributed by atoms with Gasteiger partial charge in [-0.3, -0.25) is 4.57 Å². The highest BCUT2D eigenvalue weighted by Crippen LogP contribution is 2.47. The fraction of sp³-hybridized carbons (Fsp3) is 0.400. The molecule has 0 aliphatic rings. The van der Waals surface area contributed by atoms with Crippen LogP contribution in [0.4, 0.5) is 13.2 Å². The van der Waals surface area contributed by atoms with E-state index in [2.05, 4.69) is 5.10 Å². The van der Waals surface area contributed by atoms with Gasteiger partial charge in [-0.15, -0.1) is 0 Å². The van der Waals surface area contributed by atoms with E-state index < -0.39 is 19.5 Å². The molecular weight excluding hydrogens is 360 g/mol. The van der Waals surface area contributed by atoms with Crippen molar-refractivity contribution < 1.29 is 31.5 Å². The Kier molecular flexibility index (Phi) is 5.92. The zero-order valence-electron chi connectivity index (χ0n) is 13.9. The molecular formula is C15H18F3N2O4P. The summed E-state index contributed by atoms with van der Waals surface area (Å²) in [6, 6.07) is 6.52. The number of methoxy groups -OCH3 is 1. The van der Waals surface area contributed by atoms with Crippen LogP contribution in [-0.4, -0.2) is 30.1 Å². The van der Waals surface area contributed by atoms with Crippen LogP contribution < -0.4 is 10.2 Å². The predicted molar refractivity (Wildman–Crippen MR) is 85.6 cm³/mol. The van der Waals surface area contributed by atoms with E-state index in [9.17, 15) is 17.7 Å². The van der Waals surface area contributed by atoms with Crippen LogP contribution in [-0.2, 0) is 19.8 Å². The number of hydrogen-bond acceptors (Lipinski definition) is 5. The summed E-state index contributed by atoms with van der Waals surface area (Å²) < 4.78 is 68.7. The van der Waals surface area contributed by atoms with Gasteiger partial charge in [-0.05, 0) is 38.1 Å². The molecule has 2 aromatic rings. The molecule has 25 heavy (non-hydrogen) atoms. The lowest BCUT2D eigenvalue weighted by Crippen LogP contribution is -2.14. The number of alkyl halides is 3. The quantitative estimate of drug-likeness (QED) is 0.686. The minimum atomic E-state index is -4.70. The van der Waals surface area contributed by atoms with Crippen molar-refractivity contribution in [3.63, 3.8) is 0 Å². The lowest BCUT2D eigenvalue weighted by molar-refractivity contribution is -0.142. The molecule has 138 valence electrons. The Morgan fingerprint density at radius 2 is 1.68 bits per heavy atom. The molecule has 0 atom stereocenters.